The number of nitrogens with one attached hydrogen (secondary N) is 2. The molecule has 2 aromatic rings. The zero-order valence-corrected chi connectivity index (χ0v) is 15.8. The Balaban J connectivity index is 1.65. The molecule has 3 amide bonds. The van der Waals surface area contributed by atoms with Gasteiger partial charge in [0.25, 0.3) is 5.91 Å². The van der Waals surface area contributed by atoms with Crippen LogP contribution in [-0.4, -0.2) is 23.8 Å². The van der Waals surface area contributed by atoms with Crippen LogP contribution in [0, 0.1) is 25.7 Å². The highest BCUT2D eigenvalue weighted by atomic mass is 16.2. The van der Waals surface area contributed by atoms with E-state index in [9.17, 15) is 14.4 Å². The van der Waals surface area contributed by atoms with Crippen LogP contribution in [0.15, 0.2) is 42.5 Å². The Morgan fingerprint density at radius 2 is 1.71 bits per heavy atom. The molecule has 2 saturated heterocycles. The van der Waals surface area contributed by atoms with E-state index >= 15 is 0 Å². The van der Waals surface area contributed by atoms with Crippen molar-refractivity contribution < 1.29 is 19.7 Å². The van der Waals surface area contributed by atoms with Crippen LogP contribution in [0.4, 0.5) is 5.69 Å². The van der Waals surface area contributed by atoms with Crippen LogP contribution in [0.1, 0.15) is 22.3 Å². The lowest BCUT2D eigenvalue weighted by Gasteiger charge is -2.24. The van der Waals surface area contributed by atoms with E-state index in [1.54, 1.807) is 0 Å². The number of anilines is 1. The maximum absolute atomic E-state index is 13.3. The van der Waals surface area contributed by atoms with E-state index in [1.807, 2.05) is 61.6 Å². The molecule has 28 heavy (non-hydrogen) atoms. The molecule has 3 aliphatic heterocycles. The first-order valence-electron chi connectivity index (χ1n) is 9.60. The fraction of sp³-hybridized carbons (Fsp3) is 0.318. The Morgan fingerprint density at radius 3 is 2.46 bits per heavy atom. The molecule has 2 fully saturated rings. The summed E-state index contributed by atoms with van der Waals surface area (Å²) in [7, 11) is 0. The summed E-state index contributed by atoms with van der Waals surface area (Å²) < 4.78 is 0. The van der Waals surface area contributed by atoms with Crippen molar-refractivity contribution in [3.8, 4) is 0 Å². The van der Waals surface area contributed by atoms with Gasteiger partial charge in [-0.05, 0) is 36.6 Å². The number of quaternary nitrogens is 1. The van der Waals surface area contributed by atoms with Crippen LogP contribution in [0.2, 0.25) is 0 Å². The third-order valence-corrected chi connectivity index (χ3v) is 6.73. The number of amides is 3. The molecule has 1 spiro atoms. The Kier molecular flexibility index (Phi) is 3.52. The first kappa shape index (κ1) is 17.1. The third-order valence-electron chi connectivity index (χ3n) is 6.73. The van der Waals surface area contributed by atoms with E-state index < -0.39 is 17.4 Å². The molecule has 0 aromatic heterocycles. The molecule has 4 atom stereocenters. The normalized spacial score (nSPS) is 30.4. The first-order valence-corrected chi connectivity index (χ1v) is 9.60. The molecule has 0 aliphatic carbocycles. The van der Waals surface area contributed by atoms with E-state index in [1.165, 1.54) is 0 Å². The fourth-order valence-electron chi connectivity index (χ4n) is 5.28. The number of fused-ring (bicyclic) bond motifs is 4. The van der Waals surface area contributed by atoms with Gasteiger partial charge < -0.3 is 10.6 Å². The van der Waals surface area contributed by atoms with Crippen LogP contribution in [0.25, 0.3) is 0 Å². The van der Waals surface area contributed by atoms with Gasteiger partial charge in [-0.1, -0.05) is 36.4 Å². The number of hydrogen-bond acceptors (Lipinski definition) is 3. The SMILES string of the molecule is Cc1ccc2c(c1C)NC(=O)[C@]21[NH2+][C@H](Cc2ccccc2)[C@H]2C(=O)NC(=O)[C@H]21. The summed E-state index contributed by atoms with van der Waals surface area (Å²) in [6, 6.07) is 13.6. The molecule has 6 heteroatoms. The molecule has 3 heterocycles. The largest absolute Gasteiger partial charge is 0.326 e. The number of benzene rings is 2. The average molecular weight is 376 g/mol. The first-order chi connectivity index (χ1) is 13.4. The van der Waals surface area contributed by atoms with Crippen molar-refractivity contribution in [1.29, 1.82) is 0 Å². The van der Waals surface area contributed by atoms with E-state index in [2.05, 4.69) is 10.6 Å². The second kappa shape index (κ2) is 5.75. The van der Waals surface area contributed by atoms with Gasteiger partial charge >= 0.3 is 0 Å². The molecule has 0 bridgehead atoms. The van der Waals surface area contributed by atoms with Crippen molar-refractivity contribution in [3.63, 3.8) is 0 Å². The van der Waals surface area contributed by atoms with Crippen LogP contribution < -0.4 is 16.0 Å². The van der Waals surface area contributed by atoms with Gasteiger partial charge in [0.15, 0.2) is 0 Å². The van der Waals surface area contributed by atoms with Gasteiger partial charge in [-0.15, -0.1) is 0 Å². The Hall–Kier alpha value is -2.99. The molecule has 142 valence electrons. The number of carbonyl (C=O) groups is 3. The summed E-state index contributed by atoms with van der Waals surface area (Å²) in [6.45, 7) is 3.97. The van der Waals surface area contributed by atoms with E-state index in [-0.39, 0.29) is 23.8 Å². The second-order valence-corrected chi connectivity index (χ2v) is 8.13. The van der Waals surface area contributed by atoms with Crippen molar-refractivity contribution in [2.75, 3.05) is 5.32 Å². The van der Waals surface area contributed by atoms with Gasteiger partial charge in [0.05, 0.1) is 5.69 Å². The molecule has 4 N–H and O–H groups in total. The van der Waals surface area contributed by atoms with Crippen molar-refractivity contribution in [2.45, 2.75) is 31.8 Å². The minimum Gasteiger partial charge on any atom is -0.326 e. The van der Waals surface area contributed by atoms with E-state index in [4.69, 9.17) is 0 Å². The van der Waals surface area contributed by atoms with Gasteiger partial charge in [0.2, 0.25) is 17.4 Å². The Labute approximate surface area is 162 Å². The molecule has 0 unspecified atom stereocenters. The summed E-state index contributed by atoms with van der Waals surface area (Å²) in [5.41, 5.74) is 3.69. The van der Waals surface area contributed by atoms with Gasteiger partial charge in [-0.25, -0.2) is 0 Å². The van der Waals surface area contributed by atoms with Gasteiger partial charge in [-0.2, -0.15) is 0 Å². The number of hydrogen-bond donors (Lipinski definition) is 3. The molecular weight excluding hydrogens is 354 g/mol. The van der Waals surface area contributed by atoms with Gasteiger partial charge in [0.1, 0.15) is 17.9 Å². The molecule has 0 radical (unpaired) electrons. The van der Waals surface area contributed by atoms with Gasteiger partial charge in [-0.3, -0.25) is 19.7 Å². The van der Waals surface area contributed by atoms with Crippen molar-refractivity contribution >= 4 is 23.4 Å². The quantitative estimate of drug-likeness (QED) is 0.668. The second-order valence-electron chi connectivity index (χ2n) is 8.13. The van der Waals surface area contributed by atoms with E-state index in [0.717, 1.165) is 27.9 Å². The lowest BCUT2D eigenvalue weighted by Crippen LogP contribution is -2.99. The minimum atomic E-state index is -1.09. The number of aryl methyl sites for hydroxylation is 1. The molecule has 6 nitrogen and oxygen atoms in total. The topological polar surface area (TPSA) is 91.9 Å². The molecule has 0 saturated carbocycles. The highest BCUT2D eigenvalue weighted by molar-refractivity contribution is 6.14. The summed E-state index contributed by atoms with van der Waals surface area (Å²) in [4.78, 5) is 38.7. The summed E-state index contributed by atoms with van der Waals surface area (Å²) in [5, 5.41) is 7.47. The van der Waals surface area contributed by atoms with Crippen molar-refractivity contribution in [2.24, 2.45) is 11.8 Å². The van der Waals surface area contributed by atoms with E-state index in [0.29, 0.717) is 6.42 Å². The Morgan fingerprint density at radius 1 is 0.964 bits per heavy atom. The summed E-state index contributed by atoms with van der Waals surface area (Å²) in [5.74, 6) is -2.04. The molecular formula is C22H22N3O3+. The predicted octanol–water partition coefficient (Wildman–Crippen LogP) is 0.528. The predicted molar refractivity (Wildman–Crippen MR) is 102 cm³/mol. The maximum atomic E-state index is 13.3. The molecule has 5 rings (SSSR count). The van der Waals surface area contributed by atoms with Crippen LogP contribution in [0.3, 0.4) is 0 Å². The van der Waals surface area contributed by atoms with Crippen molar-refractivity contribution in [1.82, 2.24) is 5.32 Å². The average Bonchev–Trinajstić information content (AvgIpc) is 3.26. The maximum Gasteiger partial charge on any atom is 0.291 e. The standard InChI is InChI=1S/C22H21N3O3/c1-11-8-9-14-18(12(11)2)23-21(28)22(14)17-16(19(26)24-20(17)27)15(25-22)10-13-6-4-3-5-7-13/h3-9,15-17,25H,10H2,1-2H3,(H,23,28)(H,24,26,27)/p+1/t15-,16-,17+,22+/m1/s1. The number of carbonyl (C=O) groups excluding carboxylic acids is 3. The Bertz CT molecular complexity index is 1030. The zero-order chi connectivity index (χ0) is 19.6. The smallest absolute Gasteiger partial charge is 0.291 e. The van der Waals surface area contributed by atoms with Gasteiger partial charge in [0, 0.05) is 12.0 Å². The van der Waals surface area contributed by atoms with Crippen LogP contribution in [0.5, 0.6) is 0 Å². The highest BCUT2D eigenvalue weighted by Crippen LogP contribution is 2.48. The highest BCUT2D eigenvalue weighted by Gasteiger charge is 2.72. The lowest BCUT2D eigenvalue weighted by atomic mass is 9.76. The third kappa shape index (κ3) is 2.09. The number of imide groups is 1. The van der Waals surface area contributed by atoms with Crippen molar-refractivity contribution in [3.05, 3.63) is 64.7 Å². The molecule has 2 aromatic carbocycles. The zero-order valence-electron chi connectivity index (χ0n) is 15.8. The summed E-state index contributed by atoms with van der Waals surface area (Å²) >= 11 is 0. The van der Waals surface area contributed by atoms with Crippen LogP contribution in [-0.2, 0) is 26.3 Å². The number of rotatable bonds is 2. The number of nitrogens with two attached hydrogens (primary N) is 1. The lowest BCUT2D eigenvalue weighted by molar-refractivity contribution is -0.733. The summed E-state index contributed by atoms with van der Waals surface area (Å²) in [6.07, 6.45) is 0.623. The minimum absolute atomic E-state index is 0.183. The monoisotopic (exact) mass is 376 g/mol. The molecule has 3 aliphatic rings. The fourth-order valence-corrected chi connectivity index (χ4v) is 5.28. The van der Waals surface area contributed by atoms with Crippen LogP contribution >= 0.6 is 0 Å².